The van der Waals surface area contributed by atoms with Crippen molar-refractivity contribution in [3.05, 3.63) is 60.2 Å². The van der Waals surface area contributed by atoms with Crippen molar-refractivity contribution in [3.63, 3.8) is 0 Å². The largest absolute Gasteiger partial charge is 0.411 e. The highest BCUT2D eigenvalue weighted by atomic mass is 32.2. The summed E-state index contributed by atoms with van der Waals surface area (Å²) in [6.45, 7) is 7.73. The molecule has 3 aromatic rings. The van der Waals surface area contributed by atoms with Gasteiger partial charge in [-0.05, 0) is 43.7 Å². The number of aromatic nitrogens is 2. The van der Waals surface area contributed by atoms with E-state index in [9.17, 15) is 4.79 Å². The van der Waals surface area contributed by atoms with Gasteiger partial charge in [-0.2, -0.15) is 0 Å². The van der Waals surface area contributed by atoms with Crippen molar-refractivity contribution in [2.24, 2.45) is 0 Å². The van der Waals surface area contributed by atoms with Gasteiger partial charge in [-0.3, -0.25) is 4.79 Å². The topological polar surface area (TPSA) is 71.7 Å². The van der Waals surface area contributed by atoms with Gasteiger partial charge in [-0.25, -0.2) is 0 Å². The van der Waals surface area contributed by atoms with Gasteiger partial charge in [-0.15, -0.1) is 10.2 Å². The zero-order chi connectivity index (χ0) is 22.8. The summed E-state index contributed by atoms with van der Waals surface area (Å²) in [6.07, 6.45) is 0. The van der Waals surface area contributed by atoms with Crippen molar-refractivity contribution < 1.29 is 13.9 Å². The fraction of sp³-hybridized carbons (Fsp3) is 0.375. The molecule has 0 spiro atoms. The van der Waals surface area contributed by atoms with Crippen LogP contribution in [0.4, 0.5) is 5.69 Å². The van der Waals surface area contributed by atoms with E-state index in [0.717, 1.165) is 29.9 Å². The molecule has 170 valence electrons. The van der Waals surface area contributed by atoms with Gasteiger partial charge >= 0.3 is 0 Å². The van der Waals surface area contributed by atoms with E-state index >= 15 is 0 Å². The second kappa shape index (κ2) is 12.3. The Kier molecular flexibility index (Phi) is 9.13. The van der Waals surface area contributed by atoms with Gasteiger partial charge in [0.2, 0.25) is 11.8 Å². The summed E-state index contributed by atoms with van der Waals surface area (Å²) in [6, 6.07) is 18.0. The van der Waals surface area contributed by atoms with E-state index in [-0.39, 0.29) is 11.7 Å². The Balaban J connectivity index is 1.59. The molecule has 0 aliphatic heterocycles. The highest BCUT2D eigenvalue weighted by molar-refractivity contribution is 7.99. The summed E-state index contributed by atoms with van der Waals surface area (Å²) < 4.78 is 11.0. The third kappa shape index (κ3) is 6.58. The summed E-state index contributed by atoms with van der Waals surface area (Å²) in [7, 11) is 1.63. The molecule has 1 aromatic heterocycles. The summed E-state index contributed by atoms with van der Waals surface area (Å²) >= 11 is 1.25. The zero-order valence-corrected chi connectivity index (χ0v) is 19.7. The summed E-state index contributed by atoms with van der Waals surface area (Å²) in [4.78, 5) is 16.9. The van der Waals surface area contributed by atoms with Crippen molar-refractivity contribution >= 4 is 23.4 Å². The van der Waals surface area contributed by atoms with E-state index < -0.39 is 0 Å². The molecule has 0 N–H and O–H groups in total. The first-order valence-electron chi connectivity index (χ1n) is 10.8. The maximum Gasteiger partial charge on any atom is 0.277 e. The number of ether oxygens (including phenoxy) is 1. The highest BCUT2D eigenvalue weighted by Gasteiger charge is 2.17. The minimum atomic E-state index is -0.000714. The number of carbonyl (C=O) groups excluding carboxylic acids is 1. The Bertz CT molecular complexity index is 959. The van der Waals surface area contributed by atoms with Gasteiger partial charge in [0.15, 0.2) is 0 Å². The first kappa shape index (κ1) is 23.8. The van der Waals surface area contributed by atoms with E-state index in [2.05, 4.69) is 41.1 Å². The number of nitrogens with zero attached hydrogens (tertiary/aromatic N) is 4. The molecule has 1 heterocycles. The molecule has 7 nitrogen and oxygen atoms in total. The van der Waals surface area contributed by atoms with Crippen LogP contribution in [0, 0.1) is 0 Å². The number of amides is 1. The molecule has 0 saturated carbocycles. The molecule has 1 amide bonds. The molecule has 2 aromatic carbocycles. The molecule has 32 heavy (non-hydrogen) atoms. The number of hydrogen-bond donors (Lipinski definition) is 0. The molecule has 0 bridgehead atoms. The van der Waals surface area contributed by atoms with E-state index in [1.54, 1.807) is 12.0 Å². The Hall–Kier alpha value is -2.84. The van der Waals surface area contributed by atoms with Crippen molar-refractivity contribution in [2.75, 3.05) is 44.0 Å². The van der Waals surface area contributed by atoms with Crippen LogP contribution in [0.1, 0.15) is 19.4 Å². The Labute approximate surface area is 193 Å². The van der Waals surface area contributed by atoms with Crippen LogP contribution in [0.5, 0.6) is 0 Å². The van der Waals surface area contributed by atoms with Gasteiger partial charge in [0.05, 0.1) is 12.4 Å². The summed E-state index contributed by atoms with van der Waals surface area (Å²) in [5.74, 6) is 0.671. The molecule has 0 aliphatic carbocycles. The lowest BCUT2D eigenvalue weighted by Gasteiger charge is -2.22. The van der Waals surface area contributed by atoms with Crippen LogP contribution in [0.15, 0.2) is 64.2 Å². The van der Waals surface area contributed by atoms with Gasteiger partial charge < -0.3 is 19.0 Å². The molecule has 3 rings (SSSR count). The van der Waals surface area contributed by atoms with E-state index in [1.165, 1.54) is 11.8 Å². The number of hydrogen-bond acceptors (Lipinski definition) is 7. The van der Waals surface area contributed by atoms with Crippen LogP contribution in [-0.4, -0.2) is 60.1 Å². The van der Waals surface area contributed by atoms with Crippen molar-refractivity contribution in [3.8, 4) is 11.5 Å². The van der Waals surface area contributed by atoms with Crippen molar-refractivity contribution in [2.45, 2.75) is 25.6 Å². The lowest BCUT2D eigenvalue weighted by Crippen LogP contribution is -2.34. The SMILES string of the molecule is CCN(CC)c1ccc(-c2nnc(SCC(=O)N(CCOC)Cc3ccccc3)o2)cc1. The number of carbonyl (C=O) groups is 1. The quantitative estimate of drug-likeness (QED) is 0.377. The Morgan fingerprint density at radius 3 is 2.41 bits per heavy atom. The van der Waals surface area contributed by atoms with Gasteiger partial charge in [0.25, 0.3) is 5.22 Å². The number of thioether (sulfide) groups is 1. The van der Waals surface area contributed by atoms with E-state index in [0.29, 0.717) is 30.8 Å². The fourth-order valence-electron chi connectivity index (χ4n) is 3.30. The summed E-state index contributed by atoms with van der Waals surface area (Å²) in [5.41, 5.74) is 3.10. The first-order valence-corrected chi connectivity index (χ1v) is 11.8. The van der Waals surface area contributed by atoms with Crippen LogP contribution in [-0.2, 0) is 16.1 Å². The summed E-state index contributed by atoms with van der Waals surface area (Å²) in [5, 5.41) is 8.63. The number of benzene rings is 2. The van der Waals surface area contributed by atoms with Gasteiger partial charge in [0, 0.05) is 44.5 Å². The fourth-order valence-corrected chi connectivity index (χ4v) is 3.97. The first-order chi connectivity index (χ1) is 15.6. The third-order valence-electron chi connectivity index (χ3n) is 5.10. The predicted octanol–water partition coefficient (Wildman–Crippen LogP) is 4.35. The van der Waals surface area contributed by atoms with Crippen molar-refractivity contribution in [1.82, 2.24) is 15.1 Å². The maximum atomic E-state index is 12.8. The normalized spacial score (nSPS) is 10.8. The molecule has 0 atom stereocenters. The molecule has 8 heteroatoms. The lowest BCUT2D eigenvalue weighted by molar-refractivity contribution is -0.129. The monoisotopic (exact) mass is 454 g/mol. The van der Waals surface area contributed by atoms with Crippen molar-refractivity contribution in [1.29, 1.82) is 0 Å². The smallest absolute Gasteiger partial charge is 0.277 e. The number of anilines is 1. The maximum absolute atomic E-state index is 12.8. The van der Waals surface area contributed by atoms with Gasteiger partial charge in [-0.1, -0.05) is 42.1 Å². The van der Waals surface area contributed by atoms with E-state index in [4.69, 9.17) is 9.15 Å². The third-order valence-corrected chi connectivity index (χ3v) is 5.91. The number of rotatable bonds is 12. The average molecular weight is 455 g/mol. The van der Waals surface area contributed by atoms with Crippen LogP contribution < -0.4 is 4.90 Å². The predicted molar refractivity (Wildman–Crippen MR) is 128 cm³/mol. The molecule has 0 fully saturated rings. The van der Waals surface area contributed by atoms with Crippen LogP contribution in [0.2, 0.25) is 0 Å². The van der Waals surface area contributed by atoms with Crippen LogP contribution in [0.25, 0.3) is 11.5 Å². The van der Waals surface area contributed by atoms with Crippen LogP contribution >= 0.6 is 11.8 Å². The molecule has 0 aliphatic rings. The Morgan fingerprint density at radius 1 is 1.03 bits per heavy atom. The van der Waals surface area contributed by atoms with Crippen LogP contribution in [0.3, 0.4) is 0 Å². The standard InChI is InChI=1S/C24H30N4O3S/c1-4-27(5-2)21-13-11-20(12-14-21)23-25-26-24(31-23)32-18-22(29)28(15-16-30-3)17-19-9-7-6-8-10-19/h6-14H,4-5,15-18H2,1-3H3. The molecular formula is C24H30N4O3S. The minimum Gasteiger partial charge on any atom is -0.411 e. The van der Waals surface area contributed by atoms with E-state index in [1.807, 2.05) is 42.5 Å². The highest BCUT2D eigenvalue weighted by Crippen LogP contribution is 2.25. The molecule has 0 radical (unpaired) electrons. The average Bonchev–Trinajstić information content (AvgIpc) is 3.31. The van der Waals surface area contributed by atoms with Gasteiger partial charge in [0.1, 0.15) is 0 Å². The second-order valence-corrected chi connectivity index (χ2v) is 8.10. The Morgan fingerprint density at radius 2 is 1.75 bits per heavy atom. The molecular weight excluding hydrogens is 424 g/mol. The molecule has 0 unspecified atom stereocenters. The molecule has 0 saturated heterocycles. The lowest BCUT2D eigenvalue weighted by atomic mass is 10.2. The number of methoxy groups -OCH3 is 1. The minimum absolute atomic E-state index is 0.000714. The zero-order valence-electron chi connectivity index (χ0n) is 18.9. The second-order valence-electron chi connectivity index (χ2n) is 7.17.